The van der Waals surface area contributed by atoms with Crippen LogP contribution in [0.4, 0.5) is 0 Å². The molecule has 1 aromatic rings. The van der Waals surface area contributed by atoms with E-state index in [2.05, 4.69) is 24.0 Å². The second-order valence-corrected chi connectivity index (χ2v) is 4.38. The van der Waals surface area contributed by atoms with Crippen molar-refractivity contribution in [2.45, 2.75) is 39.2 Å². The molecule has 16 heavy (non-hydrogen) atoms. The zero-order valence-corrected chi connectivity index (χ0v) is 10.3. The lowest BCUT2D eigenvalue weighted by Gasteiger charge is -2.08. The molecular weight excluding hydrogens is 206 g/mol. The molecule has 1 aromatic heterocycles. The highest BCUT2D eigenvalue weighted by atomic mass is 16.5. The van der Waals surface area contributed by atoms with Crippen LogP contribution in [-0.4, -0.2) is 23.9 Å². The maximum Gasteiger partial charge on any atom is 0.243 e. The van der Waals surface area contributed by atoms with Crippen LogP contribution in [0.25, 0.3) is 0 Å². The highest BCUT2D eigenvalue weighted by Gasteiger charge is 2.15. The van der Waals surface area contributed by atoms with Crippen LogP contribution < -0.4 is 5.73 Å². The predicted molar refractivity (Wildman–Crippen MR) is 60.9 cm³/mol. The smallest absolute Gasteiger partial charge is 0.243 e. The van der Waals surface area contributed by atoms with E-state index in [9.17, 15) is 0 Å². The monoisotopic (exact) mass is 227 g/mol. The largest absolute Gasteiger partial charge is 0.385 e. The fraction of sp³-hybridized carbons (Fsp3) is 0.818. The van der Waals surface area contributed by atoms with Crippen molar-refractivity contribution in [1.29, 1.82) is 0 Å². The van der Waals surface area contributed by atoms with Crippen LogP contribution in [0.3, 0.4) is 0 Å². The third kappa shape index (κ3) is 4.28. The van der Waals surface area contributed by atoms with Gasteiger partial charge in [0, 0.05) is 20.1 Å². The Balaban J connectivity index is 2.44. The first-order valence-electron chi connectivity index (χ1n) is 5.70. The first-order chi connectivity index (χ1) is 7.63. The molecule has 0 radical (unpaired) electrons. The topological polar surface area (TPSA) is 74.2 Å². The number of nitrogens with two attached hydrogens (primary N) is 1. The molecule has 0 amide bonds. The zero-order chi connectivity index (χ0) is 12.0. The molecule has 0 aliphatic rings. The van der Waals surface area contributed by atoms with E-state index in [1.807, 2.05) is 0 Å². The number of methoxy groups -OCH3 is 1. The standard InChI is InChI=1S/C11H21N3O2/c1-8(2)7-9(12)11-13-10(14-16-11)5-4-6-15-3/h8-9H,4-7,12H2,1-3H3. The van der Waals surface area contributed by atoms with E-state index < -0.39 is 0 Å². The quantitative estimate of drug-likeness (QED) is 0.717. The van der Waals surface area contributed by atoms with Gasteiger partial charge in [-0.2, -0.15) is 4.98 Å². The Labute approximate surface area is 96.4 Å². The van der Waals surface area contributed by atoms with Crippen LogP contribution in [-0.2, 0) is 11.2 Å². The van der Waals surface area contributed by atoms with Gasteiger partial charge in [-0.15, -0.1) is 0 Å². The van der Waals surface area contributed by atoms with E-state index >= 15 is 0 Å². The summed E-state index contributed by atoms with van der Waals surface area (Å²) in [7, 11) is 1.68. The van der Waals surface area contributed by atoms with Crippen molar-refractivity contribution < 1.29 is 9.26 Å². The highest BCUT2D eigenvalue weighted by Crippen LogP contribution is 2.16. The van der Waals surface area contributed by atoms with Gasteiger partial charge >= 0.3 is 0 Å². The Bertz CT molecular complexity index is 299. The second kappa shape index (κ2) is 6.60. The molecule has 1 heterocycles. The molecule has 0 saturated heterocycles. The van der Waals surface area contributed by atoms with E-state index in [0.717, 1.165) is 19.3 Å². The Kier molecular flexibility index (Phi) is 5.42. The van der Waals surface area contributed by atoms with Gasteiger partial charge in [0.05, 0.1) is 6.04 Å². The number of aromatic nitrogens is 2. The van der Waals surface area contributed by atoms with Crippen LogP contribution in [0.5, 0.6) is 0 Å². The third-order valence-electron chi connectivity index (χ3n) is 2.28. The van der Waals surface area contributed by atoms with Crippen LogP contribution in [0.15, 0.2) is 4.52 Å². The van der Waals surface area contributed by atoms with Crippen molar-refractivity contribution in [3.63, 3.8) is 0 Å². The molecule has 2 N–H and O–H groups in total. The predicted octanol–water partition coefficient (Wildman–Crippen LogP) is 1.69. The summed E-state index contributed by atoms with van der Waals surface area (Å²) in [5.74, 6) is 1.78. The molecule has 0 aromatic carbocycles. The van der Waals surface area contributed by atoms with Gasteiger partial charge < -0.3 is 15.0 Å². The molecule has 1 rings (SSSR count). The van der Waals surface area contributed by atoms with Gasteiger partial charge in [-0.1, -0.05) is 19.0 Å². The summed E-state index contributed by atoms with van der Waals surface area (Å²) in [5, 5.41) is 3.89. The summed E-state index contributed by atoms with van der Waals surface area (Å²) in [6, 6.07) is -0.149. The number of hydrogen-bond acceptors (Lipinski definition) is 5. The molecular formula is C11H21N3O2. The molecule has 0 aliphatic carbocycles. The van der Waals surface area contributed by atoms with E-state index in [0.29, 0.717) is 24.2 Å². The Hall–Kier alpha value is -0.940. The first-order valence-corrected chi connectivity index (χ1v) is 5.70. The maximum absolute atomic E-state index is 5.94. The van der Waals surface area contributed by atoms with Gasteiger partial charge in [0.25, 0.3) is 0 Å². The minimum atomic E-state index is -0.149. The zero-order valence-electron chi connectivity index (χ0n) is 10.3. The number of aryl methyl sites for hydroxylation is 1. The normalized spacial score (nSPS) is 13.3. The average Bonchev–Trinajstić information content (AvgIpc) is 2.66. The number of hydrogen-bond donors (Lipinski definition) is 1. The first kappa shape index (κ1) is 13.1. The summed E-state index contributed by atoms with van der Waals surface area (Å²) in [6.07, 6.45) is 2.53. The van der Waals surface area contributed by atoms with Crippen LogP contribution >= 0.6 is 0 Å². The van der Waals surface area contributed by atoms with Crippen LogP contribution in [0.1, 0.15) is 44.4 Å². The molecule has 1 atom stereocenters. The molecule has 5 nitrogen and oxygen atoms in total. The SMILES string of the molecule is COCCCc1noc(C(N)CC(C)C)n1. The molecule has 5 heteroatoms. The van der Waals surface area contributed by atoms with Crippen LogP contribution in [0.2, 0.25) is 0 Å². The Morgan fingerprint density at radius 2 is 2.19 bits per heavy atom. The number of nitrogens with zero attached hydrogens (tertiary/aromatic N) is 2. The van der Waals surface area contributed by atoms with Gasteiger partial charge in [0.1, 0.15) is 0 Å². The molecule has 0 spiro atoms. The van der Waals surface area contributed by atoms with Gasteiger partial charge in [0.2, 0.25) is 5.89 Å². The maximum atomic E-state index is 5.94. The average molecular weight is 227 g/mol. The van der Waals surface area contributed by atoms with E-state index in [4.69, 9.17) is 15.0 Å². The summed E-state index contributed by atoms with van der Waals surface area (Å²) in [6.45, 7) is 4.95. The summed E-state index contributed by atoms with van der Waals surface area (Å²) >= 11 is 0. The lowest BCUT2D eigenvalue weighted by atomic mass is 10.0. The minimum Gasteiger partial charge on any atom is -0.385 e. The molecule has 92 valence electrons. The minimum absolute atomic E-state index is 0.149. The summed E-state index contributed by atoms with van der Waals surface area (Å²) < 4.78 is 10.1. The second-order valence-electron chi connectivity index (χ2n) is 4.38. The molecule has 0 aliphatic heterocycles. The van der Waals surface area contributed by atoms with Crippen molar-refractivity contribution in [3.8, 4) is 0 Å². The van der Waals surface area contributed by atoms with Crippen molar-refractivity contribution in [2.24, 2.45) is 11.7 Å². The van der Waals surface area contributed by atoms with Crippen molar-refractivity contribution in [1.82, 2.24) is 10.1 Å². The highest BCUT2D eigenvalue weighted by molar-refractivity contribution is 4.92. The van der Waals surface area contributed by atoms with Crippen molar-refractivity contribution >= 4 is 0 Å². The number of ether oxygens (including phenoxy) is 1. The molecule has 0 bridgehead atoms. The third-order valence-corrected chi connectivity index (χ3v) is 2.28. The fourth-order valence-corrected chi connectivity index (χ4v) is 1.50. The lowest BCUT2D eigenvalue weighted by molar-refractivity contribution is 0.194. The Morgan fingerprint density at radius 3 is 2.81 bits per heavy atom. The van der Waals surface area contributed by atoms with Gasteiger partial charge in [-0.05, 0) is 18.8 Å². The molecule has 0 fully saturated rings. The molecule has 1 unspecified atom stereocenters. The van der Waals surface area contributed by atoms with E-state index in [1.54, 1.807) is 7.11 Å². The Morgan fingerprint density at radius 1 is 1.44 bits per heavy atom. The van der Waals surface area contributed by atoms with Gasteiger partial charge in [-0.25, -0.2) is 0 Å². The van der Waals surface area contributed by atoms with E-state index in [1.165, 1.54) is 0 Å². The van der Waals surface area contributed by atoms with Crippen LogP contribution in [0, 0.1) is 5.92 Å². The van der Waals surface area contributed by atoms with E-state index in [-0.39, 0.29) is 6.04 Å². The lowest BCUT2D eigenvalue weighted by Crippen LogP contribution is -2.13. The summed E-state index contributed by atoms with van der Waals surface area (Å²) in [4.78, 5) is 4.28. The fourth-order valence-electron chi connectivity index (χ4n) is 1.50. The number of rotatable bonds is 7. The van der Waals surface area contributed by atoms with Crippen molar-refractivity contribution in [3.05, 3.63) is 11.7 Å². The van der Waals surface area contributed by atoms with Crippen molar-refractivity contribution in [2.75, 3.05) is 13.7 Å². The summed E-state index contributed by atoms with van der Waals surface area (Å²) in [5.41, 5.74) is 5.94. The van der Waals surface area contributed by atoms with Gasteiger partial charge in [0.15, 0.2) is 5.82 Å². The van der Waals surface area contributed by atoms with Gasteiger partial charge in [-0.3, -0.25) is 0 Å². The molecule has 0 saturated carbocycles.